The molecule has 122 valence electrons. The van der Waals surface area contributed by atoms with Crippen molar-refractivity contribution >= 4 is 11.6 Å². The molecule has 0 spiro atoms. The van der Waals surface area contributed by atoms with Gasteiger partial charge in [-0.05, 0) is 47.9 Å². The van der Waals surface area contributed by atoms with Gasteiger partial charge in [-0.25, -0.2) is 4.39 Å². The van der Waals surface area contributed by atoms with Gasteiger partial charge >= 0.3 is 0 Å². The lowest BCUT2D eigenvalue weighted by Crippen LogP contribution is -2.30. The maximum atomic E-state index is 13.0. The molecule has 2 rings (SSSR count). The predicted molar refractivity (Wildman–Crippen MR) is 92.0 cm³/mol. The molecule has 2 aromatic carbocycles. The third-order valence-corrected chi connectivity index (χ3v) is 3.77. The fourth-order valence-corrected chi connectivity index (χ4v) is 2.37. The third kappa shape index (κ3) is 4.39. The number of amides is 1. The topological polar surface area (TPSA) is 41.1 Å². The molecule has 2 aromatic rings. The normalized spacial score (nSPS) is 12.7. The van der Waals surface area contributed by atoms with E-state index in [4.69, 9.17) is 0 Å². The van der Waals surface area contributed by atoms with E-state index in [1.54, 1.807) is 19.2 Å². The maximum Gasteiger partial charge on any atom is 0.246 e. The fourth-order valence-electron chi connectivity index (χ4n) is 2.37. The van der Waals surface area contributed by atoms with Crippen LogP contribution in [0.1, 0.15) is 37.9 Å². The zero-order chi connectivity index (χ0) is 17.0. The van der Waals surface area contributed by atoms with Gasteiger partial charge < -0.3 is 10.6 Å². The predicted octanol–water partition coefficient (Wildman–Crippen LogP) is 4.02. The Morgan fingerprint density at radius 2 is 1.57 bits per heavy atom. The summed E-state index contributed by atoms with van der Waals surface area (Å²) in [6, 6.07) is 13.2. The van der Waals surface area contributed by atoms with Crippen molar-refractivity contribution in [2.75, 3.05) is 12.4 Å². The van der Waals surface area contributed by atoms with E-state index < -0.39 is 6.04 Å². The molecular formula is C19H23FN2O. The Balaban J connectivity index is 2.12. The molecule has 0 aliphatic rings. The summed E-state index contributed by atoms with van der Waals surface area (Å²) in [6.07, 6.45) is 0. The first-order chi connectivity index (χ1) is 10.8. The molecule has 0 aliphatic carbocycles. The molecule has 0 heterocycles. The molecule has 3 nitrogen and oxygen atoms in total. The summed E-state index contributed by atoms with van der Waals surface area (Å²) in [6.45, 7) is 6.43. The van der Waals surface area contributed by atoms with E-state index in [9.17, 15) is 9.18 Å². The lowest BCUT2D eigenvalue weighted by molar-refractivity contribution is -0.118. The molecule has 0 bridgehead atoms. The fraction of sp³-hybridized carbons (Fsp3) is 0.316. The lowest BCUT2D eigenvalue weighted by Gasteiger charge is -2.20. The smallest absolute Gasteiger partial charge is 0.246 e. The van der Waals surface area contributed by atoms with Crippen LogP contribution in [0.2, 0.25) is 0 Å². The van der Waals surface area contributed by atoms with E-state index in [0.717, 1.165) is 11.3 Å². The molecule has 2 N–H and O–H groups in total. The summed E-state index contributed by atoms with van der Waals surface area (Å²) in [5.41, 5.74) is 2.74. The number of carbonyl (C=O) groups is 1. The van der Waals surface area contributed by atoms with Gasteiger partial charge in [0.05, 0.1) is 0 Å². The summed E-state index contributed by atoms with van der Waals surface area (Å²) >= 11 is 0. The van der Waals surface area contributed by atoms with Crippen molar-refractivity contribution in [3.63, 3.8) is 0 Å². The van der Waals surface area contributed by atoms with Crippen LogP contribution >= 0.6 is 0 Å². The van der Waals surface area contributed by atoms with E-state index in [-0.39, 0.29) is 17.1 Å². The maximum absolute atomic E-state index is 13.0. The first-order valence-electron chi connectivity index (χ1n) is 7.65. The number of hydrogen-bond acceptors (Lipinski definition) is 2. The monoisotopic (exact) mass is 314 g/mol. The van der Waals surface area contributed by atoms with Gasteiger partial charge in [-0.1, -0.05) is 45.0 Å². The van der Waals surface area contributed by atoms with Crippen LogP contribution in [0.3, 0.4) is 0 Å². The molecule has 0 saturated carbocycles. The van der Waals surface area contributed by atoms with Crippen LogP contribution < -0.4 is 10.6 Å². The standard InChI is InChI=1S/C19H23FN2O/c1-19(2,3)14-7-11-16(12-8-14)22-18(23)17(21-4)13-5-9-15(20)10-6-13/h5-12,17,21H,1-4H3,(H,22,23)/t17-/m0/s1. The highest BCUT2D eigenvalue weighted by Crippen LogP contribution is 2.24. The second-order valence-corrected chi connectivity index (χ2v) is 6.59. The van der Waals surface area contributed by atoms with Crippen molar-refractivity contribution < 1.29 is 9.18 Å². The number of anilines is 1. The number of carbonyl (C=O) groups excluding carboxylic acids is 1. The molecule has 23 heavy (non-hydrogen) atoms. The molecule has 0 saturated heterocycles. The van der Waals surface area contributed by atoms with Crippen LogP contribution in [0, 0.1) is 5.82 Å². The van der Waals surface area contributed by atoms with Gasteiger partial charge in [0, 0.05) is 5.69 Å². The van der Waals surface area contributed by atoms with Crippen molar-refractivity contribution in [2.24, 2.45) is 0 Å². The summed E-state index contributed by atoms with van der Waals surface area (Å²) in [7, 11) is 1.70. The van der Waals surface area contributed by atoms with Gasteiger partial charge in [-0.2, -0.15) is 0 Å². The quantitative estimate of drug-likeness (QED) is 0.895. The Morgan fingerprint density at radius 1 is 1.00 bits per heavy atom. The Hall–Kier alpha value is -2.20. The minimum absolute atomic E-state index is 0.0736. The van der Waals surface area contributed by atoms with Crippen LogP contribution in [0.5, 0.6) is 0 Å². The Kier molecular flexibility index (Phi) is 5.16. The van der Waals surface area contributed by atoms with Gasteiger partial charge in [0.15, 0.2) is 0 Å². The number of halogens is 1. The second-order valence-electron chi connectivity index (χ2n) is 6.59. The molecule has 0 aromatic heterocycles. The highest BCUT2D eigenvalue weighted by molar-refractivity contribution is 5.95. The van der Waals surface area contributed by atoms with Crippen LogP contribution in [0.4, 0.5) is 10.1 Å². The number of benzene rings is 2. The Bertz CT molecular complexity index is 657. The minimum Gasteiger partial charge on any atom is -0.324 e. The van der Waals surface area contributed by atoms with Gasteiger partial charge in [0.25, 0.3) is 0 Å². The van der Waals surface area contributed by atoms with Crippen molar-refractivity contribution in [3.8, 4) is 0 Å². The Labute approximate surface area is 136 Å². The molecule has 0 radical (unpaired) electrons. The molecule has 4 heteroatoms. The number of rotatable bonds is 4. The molecule has 0 unspecified atom stereocenters. The van der Waals surface area contributed by atoms with E-state index in [1.807, 2.05) is 24.3 Å². The van der Waals surface area contributed by atoms with E-state index >= 15 is 0 Å². The van der Waals surface area contributed by atoms with Crippen molar-refractivity contribution in [1.29, 1.82) is 0 Å². The van der Waals surface area contributed by atoms with Gasteiger partial charge in [0.2, 0.25) is 5.91 Å². The molecule has 1 amide bonds. The first-order valence-corrected chi connectivity index (χ1v) is 7.65. The highest BCUT2D eigenvalue weighted by Gasteiger charge is 2.19. The molecule has 0 fully saturated rings. The molecule has 0 aliphatic heterocycles. The number of nitrogens with one attached hydrogen (secondary N) is 2. The van der Waals surface area contributed by atoms with Crippen LogP contribution in [0.25, 0.3) is 0 Å². The third-order valence-electron chi connectivity index (χ3n) is 3.77. The SMILES string of the molecule is CN[C@H](C(=O)Nc1ccc(C(C)(C)C)cc1)c1ccc(F)cc1. The Morgan fingerprint density at radius 3 is 2.04 bits per heavy atom. The van der Waals surface area contributed by atoms with E-state index in [2.05, 4.69) is 31.4 Å². The summed E-state index contributed by atoms with van der Waals surface area (Å²) in [4.78, 5) is 12.4. The van der Waals surface area contributed by atoms with Crippen molar-refractivity contribution in [1.82, 2.24) is 5.32 Å². The zero-order valence-electron chi connectivity index (χ0n) is 14.0. The first kappa shape index (κ1) is 17.2. The second kappa shape index (κ2) is 6.92. The van der Waals surface area contributed by atoms with Gasteiger partial charge in [-0.15, -0.1) is 0 Å². The number of hydrogen-bond donors (Lipinski definition) is 2. The minimum atomic E-state index is -0.530. The van der Waals surface area contributed by atoms with Crippen LogP contribution in [-0.4, -0.2) is 13.0 Å². The summed E-state index contributed by atoms with van der Waals surface area (Å²) < 4.78 is 13.0. The molecule has 1 atom stereocenters. The van der Waals surface area contributed by atoms with Crippen molar-refractivity contribution in [3.05, 3.63) is 65.5 Å². The number of likely N-dealkylation sites (N-methyl/N-ethyl adjacent to an activating group) is 1. The summed E-state index contributed by atoms with van der Waals surface area (Å²) in [5, 5.41) is 5.85. The molecular weight excluding hydrogens is 291 g/mol. The van der Waals surface area contributed by atoms with E-state index in [0.29, 0.717) is 0 Å². The van der Waals surface area contributed by atoms with Crippen LogP contribution in [0.15, 0.2) is 48.5 Å². The van der Waals surface area contributed by atoms with E-state index in [1.165, 1.54) is 17.7 Å². The van der Waals surface area contributed by atoms with Gasteiger partial charge in [0.1, 0.15) is 11.9 Å². The average Bonchev–Trinajstić information content (AvgIpc) is 2.49. The van der Waals surface area contributed by atoms with Crippen molar-refractivity contribution in [2.45, 2.75) is 32.2 Å². The lowest BCUT2D eigenvalue weighted by atomic mass is 9.87. The largest absolute Gasteiger partial charge is 0.324 e. The highest BCUT2D eigenvalue weighted by atomic mass is 19.1. The average molecular weight is 314 g/mol. The summed E-state index contributed by atoms with van der Waals surface area (Å²) in [5.74, 6) is -0.496. The van der Waals surface area contributed by atoms with Crippen LogP contribution in [-0.2, 0) is 10.2 Å². The van der Waals surface area contributed by atoms with Gasteiger partial charge in [-0.3, -0.25) is 4.79 Å². The zero-order valence-corrected chi connectivity index (χ0v) is 14.0.